The maximum atomic E-state index is 15.9. The summed E-state index contributed by atoms with van der Waals surface area (Å²) in [5.41, 5.74) is 30.9. The van der Waals surface area contributed by atoms with Gasteiger partial charge in [0, 0.05) is 48.8 Å². The van der Waals surface area contributed by atoms with Crippen molar-refractivity contribution in [3.05, 3.63) is 321 Å². The van der Waals surface area contributed by atoms with Gasteiger partial charge in [-0.3, -0.25) is 14.4 Å². The highest BCUT2D eigenvalue weighted by Gasteiger charge is 2.30. The lowest BCUT2D eigenvalue weighted by Gasteiger charge is -2.21. The van der Waals surface area contributed by atoms with Gasteiger partial charge in [0.1, 0.15) is 17.1 Å². The summed E-state index contributed by atoms with van der Waals surface area (Å²) in [5, 5.41) is 29.2. The van der Waals surface area contributed by atoms with Crippen LogP contribution in [0.3, 0.4) is 0 Å². The van der Waals surface area contributed by atoms with Crippen molar-refractivity contribution in [1.29, 1.82) is 0 Å². The van der Waals surface area contributed by atoms with E-state index in [1.807, 2.05) is 185 Å². The first kappa shape index (κ1) is 73.0. The maximum absolute atomic E-state index is 15.9. The molecule has 15 rings (SSSR count). The van der Waals surface area contributed by atoms with E-state index in [0.717, 1.165) is 87.3 Å². The summed E-state index contributed by atoms with van der Waals surface area (Å²) >= 11 is 0. The van der Waals surface area contributed by atoms with Gasteiger partial charge in [-0.1, -0.05) is 146 Å². The van der Waals surface area contributed by atoms with Gasteiger partial charge in [-0.25, -0.2) is 27.8 Å². The minimum atomic E-state index is -0.448. The Morgan fingerprint density at radius 3 is 1.25 bits per heavy atom. The number of hydrogen-bond acceptors (Lipinski definition) is 12. The Morgan fingerprint density at radius 1 is 0.453 bits per heavy atom. The van der Waals surface area contributed by atoms with Crippen LogP contribution in [0.4, 0.5) is 25.8 Å². The zero-order valence-electron chi connectivity index (χ0n) is 59.9. The van der Waals surface area contributed by atoms with Crippen LogP contribution in [0.15, 0.2) is 231 Å². The number of aryl methyl sites for hydroxylation is 3. The fraction of sp³-hybridized carbons (Fsp3) is 0.259. The average molecular weight is 1420 g/mol. The van der Waals surface area contributed by atoms with Crippen molar-refractivity contribution < 1.29 is 23.2 Å². The molecule has 3 aliphatic rings. The van der Waals surface area contributed by atoms with Gasteiger partial charge < -0.3 is 48.4 Å². The predicted octanol–water partition coefficient (Wildman–Crippen LogP) is 15.1. The molecule has 19 nitrogen and oxygen atoms in total. The van der Waals surface area contributed by atoms with Crippen molar-refractivity contribution in [3.8, 4) is 17.1 Å². The van der Waals surface area contributed by atoms with Crippen LogP contribution in [0.2, 0.25) is 0 Å². The van der Waals surface area contributed by atoms with Crippen molar-refractivity contribution in [2.75, 3.05) is 29.0 Å². The van der Waals surface area contributed by atoms with E-state index in [4.69, 9.17) is 17.2 Å². The fourth-order valence-corrected chi connectivity index (χ4v) is 13.2. The summed E-state index contributed by atoms with van der Waals surface area (Å²) in [4.78, 5) is 44.2. The molecule has 0 aliphatic heterocycles. The number of halogens is 2. The summed E-state index contributed by atoms with van der Waals surface area (Å²) < 4.78 is 38.7. The van der Waals surface area contributed by atoms with Gasteiger partial charge in [0.05, 0.1) is 70.0 Å². The molecule has 3 unspecified atom stereocenters. The Bertz CT molecular complexity index is 4770. The third-order valence-corrected chi connectivity index (χ3v) is 19.4. The highest BCUT2D eigenvalue weighted by molar-refractivity contribution is 6.05. The number of carbonyl (C=O) groups excluding carboxylic acids is 3. The number of imidazole rings is 1. The van der Waals surface area contributed by atoms with Crippen LogP contribution in [0.1, 0.15) is 163 Å². The molecule has 3 saturated carbocycles. The number of benzene rings is 8. The van der Waals surface area contributed by atoms with Gasteiger partial charge in [-0.15, -0.1) is 0 Å². The molecule has 0 bridgehead atoms. The zero-order chi connectivity index (χ0) is 73.6. The molecule has 12 aromatic rings. The van der Waals surface area contributed by atoms with E-state index in [2.05, 4.69) is 63.6 Å². The van der Waals surface area contributed by atoms with Crippen molar-refractivity contribution >= 4 is 34.8 Å². The number of aromatic nitrogens is 8. The van der Waals surface area contributed by atoms with Gasteiger partial charge in [-0.05, 0) is 202 Å². The first-order valence-electron chi connectivity index (χ1n) is 36.4. The van der Waals surface area contributed by atoms with E-state index in [0.29, 0.717) is 71.1 Å². The number of nitrogens with zero attached hydrogens (tertiary/aromatic N) is 8. The molecule has 3 aliphatic carbocycles. The number of anilines is 3. The Kier molecular flexibility index (Phi) is 23.5. The van der Waals surface area contributed by atoms with Gasteiger partial charge in [0.2, 0.25) is 0 Å². The van der Waals surface area contributed by atoms with E-state index in [9.17, 15) is 14.4 Å². The molecule has 0 spiro atoms. The minimum Gasteiger partial charge on any atom is -0.330 e. The van der Waals surface area contributed by atoms with E-state index in [1.165, 1.54) is 44.9 Å². The van der Waals surface area contributed by atoms with Crippen LogP contribution >= 0.6 is 0 Å². The molecule has 3 atom stereocenters. The van der Waals surface area contributed by atoms with E-state index >= 15 is 8.78 Å². The van der Waals surface area contributed by atoms with Crippen LogP contribution < -0.4 is 43.8 Å². The number of amides is 3. The van der Waals surface area contributed by atoms with Crippen LogP contribution in [0.5, 0.6) is 0 Å². The third-order valence-electron chi connectivity index (χ3n) is 19.4. The van der Waals surface area contributed by atoms with E-state index in [1.54, 1.807) is 68.6 Å². The normalized spacial score (nSPS) is 14.0. The molecule has 21 heteroatoms. The van der Waals surface area contributed by atoms with Crippen LogP contribution in [-0.4, -0.2) is 69.7 Å². The van der Waals surface area contributed by atoms with Crippen molar-refractivity contribution in [3.63, 3.8) is 0 Å². The molecular formula is C85H90F2N16O3. The Labute approximate surface area is 616 Å². The summed E-state index contributed by atoms with van der Waals surface area (Å²) in [7, 11) is 0. The fourth-order valence-electron chi connectivity index (χ4n) is 13.2. The summed E-state index contributed by atoms with van der Waals surface area (Å²) in [6.45, 7) is 8.37. The van der Waals surface area contributed by atoms with Gasteiger partial charge in [0.25, 0.3) is 17.7 Å². The van der Waals surface area contributed by atoms with E-state index in [-0.39, 0.29) is 35.4 Å². The van der Waals surface area contributed by atoms with Crippen molar-refractivity contribution in [2.45, 2.75) is 110 Å². The Hall–Kier alpha value is -11.3. The molecule has 0 radical (unpaired) electrons. The Morgan fingerprint density at radius 2 is 0.849 bits per heavy atom. The van der Waals surface area contributed by atoms with Crippen LogP contribution in [0.25, 0.3) is 17.1 Å². The van der Waals surface area contributed by atoms with Crippen molar-refractivity contribution in [2.24, 2.45) is 35.0 Å². The summed E-state index contributed by atoms with van der Waals surface area (Å²) in [6.07, 6.45) is 15.5. The lowest BCUT2D eigenvalue weighted by Crippen LogP contribution is -2.26. The number of rotatable bonds is 27. The molecule has 11 N–H and O–H groups in total. The number of nitrogens with one attached hydrogen (secondary N) is 5. The molecule has 0 saturated heterocycles. The molecule has 8 aromatic carbocycles. The highest BCUT2D eigenvalue weighted by Crippen LogP contribution is 2.39. The molecule has 3 fully saturated rings. The summed E-state index contributed by atoms with van der Waals surface area (Å²) in [5.74, 6) is 0.168. The molecule has 542 valence electrons. The smallest absolute Gasteiger partial charge is 0.274 e. The van der Waals surface area contributed by atoms with Gasteiger partial charge >= 0.3 is 0 Å². The number of nitrogens with two attached hydrogens (primary N) is 3. The average Bonchev–Trinajstić information content (AvgIpc) is 1.47. The lowest BCUT2D eigenvalue weighted by atomic mass is 9.97. The zero-order valence-corrected chi connectivity index (χ0v) is 59.9. The largest absolute Gasteiger partial charge is 0.330 e. The quantitative estimate of drug-likeness (QED) is 0.0239. The van der Waals surface area contributed by atoms with Crippen LogP contribution in [-0.2, 0) is 19.6 Å². The van der Waals surface area contributed by atoms with Gasteiger partial charge in [0.15, 0.2) is 11.6 Å². The van der Waals surface area contributed by atoms with Crippen LogP contribution in [0, 0.1) is 50.2 Å². The molecule has 4 aromatic heterocycles. The minimum absolute atomic E-state index is 0.132. The summed E-state index contributed by atoms with van der Waals surface area (Å²) in [6, 6.07) is 65.7. The van der Waals surface area contributed by atoms with Crippen molar-refractivity contribution in [1.82, 2.24) is 49.5 Å². The maximum Gasteiger partial charge on any atom is 0.274 e. The topological polar surface area (TPSA) is 261 Å². The predicted molar refractivity (Wildman–Crippen MR) is 412 cm³/mol. The second kappa shape index (κ2) is 34.1. The Balaban J connectivity index is 0.000000141. The molecule has 106 heavy (non-hydrogen) atoms. The monoisotopic (exact) mass is 1420 g/mol. The number of carbonyl (C=O) groups is 3. The first-order chi connectivity index (χ1) is 51.7. The second-order valence-corrected chi connectivity index (χ2v) is 27.7. The standard InChI is InChI=1S/2C29H30FN5O.C27H30N6O/c2*1-19-15-26(35(34-19)23-10-5-7-21(16-23)17-31)29(36)33-25-12-6-11-24(27(25)30)28(32-18-20-13-14-20)22-8-3-2-4-9-22;1-19-14-26(33(31-19)24-7-2-4-21(15-24)17-28)27(34)30-23-6-3-5-22(16-23)25(11-10-20-8-9-20)32-13-12-29-18-32/h2*2-12,15-16,20,28,32H,13-14,17-18,31H2,1H3,(H,33,36);2-7,12-16,18,20,25H,8-11,17,28H2,1H3,(H,30,34). The number of hydrogen-bond donors (Lipinski definition) is 8. The highest BCUT2D eigenvalue weighted by atomic mass is 19.1. The molecule has 4 heterocycles. The SMILES string of the molecule is Cc1cc(C(=O)Nc2cccc(C(CCC3CC3)n3ccnc3)c2)n(-c2cccc(CN)c2)n1.Cc1cc(C(=O)Nc2cccc(C(NCC3CC3)c3ccccc3)c2F)n(-c2cccc(CN)c2)n1.Cc1cc(C(=O)Nc2cccc(C(NCC3CC3)c3ccccc3)c2F)n(-c2cccc(CN)c2)n1. The molecular weight excluding hydrogens is 1330 g/mol. The van der Waals surface area contributed by atoms with E-state index < -0.39 is 23.4 Å². The van der Waals surface area contributed by atoms with Gasteiger partial charge in [-0.2, -0.15) is 15.3 Å². The first-order valence-corrected chi connectivity index (χ1v) is 36.4. The molecule has 3 amide bonds. The lowest BCUT2D eigenvalue weighted by molar-refractivity contribution is 0.101. The second-order valence-electron chi connectivity index (χ2n) is 27.7. The third kappa shape index (κ3) is 18.4.